The minimum absolute atomic E-state index is 0.00371. The summed E-state index contributed by atoms with van der Waals surface area (Å²) < 4.78 is 1.85. The van der Waals surface area contributed by atoms with Crippen molar-refractivity contribution in [2.24, 2.45) is 7.05 Å². The van der Waals surface area contributed by atoms with Gasteiger partial charge in [0, 0.05) is 14.0 Å². The number of hydrogen-bond acceptors (Lipinski definition) is 2. The molecular weight excluding hydrogens is 188 g/mol. The van der Waals surface area contributed by atoms with Gasteiger partial charge in [0.25, 0.3) is 0 Å². The number of rotatable bonds is 1. The lowest BCUT2D eigenvalue weighted by Gasteiger charge is -2.01. The molecule has 1 heterocycles. The SMILES string of the molecule is CC(=O)c1nc2cc(C)c(C)cc2n1C. The molecule has 2 rings (SSSR count). The highest BCUT2D eigenvalue weighted by atomic mass is 16.1. The van der Waals surface area contributed by atoms with Gasteiger partial charge in [0.1, 0.15) is 0 Å². The second-order valence-electron chi connectivity index (χ2n) is 3.98. The fourth-order valence-electron chi connectivity index (χ4n) is 1.76. The molecule has 0 spiro atoms. The minimum atomic E-state index is 0.00371. The number of Topliss-reactive ketones (excluding diaryl/α,β-unsaturated/α-hetero) is 1. The highest BCUT2D eigenvalue weighted by molar-refractivity contribution is 5.94. The average molecular weight is 202 g/mol. The Morgan fingerprint density at radius 1 is 1.27 bits per heavy atom. The third kappa shape index (κ3) is 1.44. The van der Waals surface area contributed by atoms with Crippen LogP contribution in [0.3, 0.4) is 0 Å². The molecule has 0 fully saturated rings. The van der Waals surface area contributed by atoms with Gasteiger partial charge in [-0.25, -0.2) is 4.98 Å². The molecule has 0 aliphatic heterocycles. The summed E-state index contributed by atoms with van der Waals surface area (Å²) in [6, 6.07) is 4.10. The van der Waals surface area contributed by atoms with Gasteiger partial charge >= 0.3 is 0 Å². The van der Waals surface area contributed by atoms with E-state index in [1.54, 1.807) is 6.92 Å². The predicted octanol–water partition coefficient (Wildman–Crippen LogP) is 2.39. The largest absolute Gasteiger partial charge is 0.325 e. The lowest BCUT2D eigenvalue weighted by molar-refractivity contribution is 0.100. The molecular formula is C12H14N2O. The molecule has 0 aliphatic carbocycles. The lowest BCUT2D eigenvalue weighted by Crippen LogP contribution is -2.02. The summed E-state index contributed by atoms with van der Waals surface area (Å²) in [5, 5.41) is 0. The van der Waals surface area contributed by atoms with Crippen molar-refractivity contribution in [3.8, 4) is 0 Å². The molecule has 0 radical (unpaired) electrons. The van der Waals surface area contributed by atoms with Crippen LogP contribution < -0.4 is 0 Å². The number of imidazole rings is 1. The first kappa shape index (κ1) is 9.90. The van der Waals surface area contributed by atoms with E-state index in [-0.39, 0.29) is 5.78 Å². The van der Waals surface area contributed by atoms with Gasteiger partial charge in [0.15, 0.2) is 11.6 Å². The van der Waals surface area contributed by atoms with Crippen molar-refractivity contribution in [3.05, 3.63) is 29.1 Å². The van der Waals surface area contributed by atoms with E-state index in [1.165, 1.54) is 11.1 Å². The number of carbonyl (C=O) groups is 1. The fraction of sp³-hybridized carbons (Fsp3) is 0.333. The molecule has 0 unspecified atom stereocenters. The maximum atomic E-state index is 11.3. The Bertz CT molecular complexity index is 552. The number of carbonyl (C=O) groups excluding carboxylic acids is 1. The first-order chi connectivity index (χ1) is 7.00. The first-order valence-electron chi connectivity index (χ1n) is 4.95. The van der Waals surface area contributed by atoms with Crippen LogP contribution in [0.25, 0.3) is 11.0 Å². The van der Waals surface area contributed by atoms with Gasteiger partial charge < -0.3 is 4.57 Å². The van der Waals surface area contributed by atoms with E-state index in [9.17, 15) is 4.79 Å². The third-order valence-corrected chi connectivity index (χ3v) is 2.81. The Morgan fingerprint density at radius 2 is 1.87 bits per heavy atom. The van der Waals surface area contributed by atoms with Crippen LogP contribution in [0.15, 0.2) is 12.1 Å². The number of ketones is 1. The second-order valence-corrected chi connectivity index (χ2v) is 3.98. The van der Waals surface area contributed by atoms with Crippen molar-refractivity contribution >= 4 is 16.8 Å². The Morgan fingerprint density at radius 3 is 2.47 bits per heavy atom. The molecule has 78 valence electrons. The first-order valence-corrected chi connectivity index (χ1v) is 4.95. The van der Waals surface area contributed by atoms with Crippen LogP contribution in [0.4, 0.5) is 0 Å². The molecule has 2 aromatic rings. The molecule has 0 N–H and O–H groups in total. The molecule has 3 nitrogen and oxygen atoms in total. The van der Waals surface area contributed by atoms with Crippen molar-refractivity contribution in [2.75, 3.05) is 0 Å². The standard InChI is InChI=1S/C12H14N2O/c1-7-5-10-11(6-8(7)2)14(4)12(13-10)9(3)15/h5-6H,1-4H3. The van der Waals surface area contributed by atoms with Gasteiger partial charge in [-0.05, 0) is 37.1 Å². The summed E-state index contributed by atoms with van der Waals surface area (Å²) in [4.78, 5) is 15.6. The zero-order valence-corrected chi connectivity index (χ0v) is 9.46. The maximum Gasteiger partial charge on any atom is 0.195 e. The molecule has 0 bridgehead atoms. The molecule has 0 atom stereocenters. The van der Waals surface area contributed by atoms with E-state index in [4.69, 9.17) is 0 Å². The van der Waals surface area contributed by atoms with Gasteiger partial charge in [-0.1, -0.05) is 0 Å². The molecule has 1 aromatic heterocycles. The highest BCUT2D eigenvalue weighted by Gasteiger charge is 2.11. The number of aromatic nitrogens is 2. The smallest absolute Gasteiger partial charge is 0.195 e. The summed E-state index contributed by atoms with van der Waals surface area (Å²) in [5.74, 6) is 0.527. The molecule has 0 aliphatic rings. The van der Waals surface area contributed by atoms with Crippen LogP contribution in [0.5, 0.6) is 0 Å². The van der Waals surface area contributed by atoms with E-state index >= 15 is 0 Å². The molecule has 15 heavy (non-hydrogen) atoms. The van der Waals surface area contributed by atoms with Crippen LogP contribution in [0.1, 0.15) is 28.7 Å². The van der Waals surface area contributed by atoms with Crippen LogP contribution in [0.2, 0.25) is 0 Å². The van der Waals surface area contributed by atoms with Gasteiger partial charge in [-0.3, -0.25) is 4.79 Å². The minimum Gasteiger partial charge on any atom is -0.325 e. The molecule has 0 saturated carbocycles. The number of fused-ring (bicyclic) bond motifs is 1. The Kier molecular flexibility index (Phi) is 2.11. The Labute approximate surface area is 88.7 Å². The van der Waals surface area contributed by atoms with Gasteiger partial charge in [0.05, 0.1) is 11.0 Å². The topological polar surface area (TPSA) is 34.9 Å². The zero-order valence-electron chi connectivity index (χ0n) is 9.46. The average Bonchev–Trinajstić information content (AvgIpc) is 2.46. The van der Waals surface area contributed by atoms with Gasteiger partial charge in [-0.2, -0.15) is 0 Å². The normalized spacial score (nSPS) is 10.9. The van der Waals surface area contributed by atoms with E-state index in [1.807, 2.05) is 17.7 Å². The van der Waals surface area contributed by atoms with E-state index in [0.717, 1.165) is 11.0 Å². The second kappa shape index (κ2) is 3.19. The maximum absolute atomic E-state index is 11.3. The van der Waals surface area contributed by atoms with Crippen LogP contribution in [-0.2, 0) is 7.05 Å². The summed E-state index contributed by atoms with van der Waals surface area (Å²) in [5.41, 5.74) is 4.34. The van der Waals surface area contributed by atoms with E-state index < -0.39 is 0 Å². The predicted molar refractivity (Wildman–Crippen MR) is 60.2 cm³/mol. The summed E-state index contributed by atoms with van der Waals surface area (Å²) in [7, 11) is 1.88. The summed E-state index contributed by atoms with van der Waals surface area (Å²) in [6.07, 6.45) is 0. The fourth-order valence-corrected chi connectivity index (χ4v) is 1.76. The highest BCUT2D eigenvalue weighted by Crippen LogP contribution is 2.19. The number of aryl methyl sites for hydroxylation is 3. The Balaban J connectivity index is 2.83. The van der Waals surface area contributed by atoms with Crippen molar-refractivity contribution < 1.29 is 4.79 Å². The van der Waals surface area contributed by atoms with Crippen molar-refractivity contribution in [3.63, 3.8) is 0 Å². The van der Waals surface area contributed by atoms with E-state index in [0.29, 0.717) is 5.82 Å². The van der Waals surface area contributed by atoms with Gasteiger partial charge in [0.2, 0.25) is 0 Å². The van der Waals surface area contributed by atoms with Crippen molar-refractivity contribution in [1.82, 2.24) is 9.55 Å². The number of hydrogen-bond donors (Lipinski definition) is 0. The van der Waals surface area contributed by atoms with Crippen LogP contribution in [0, 0.1) is 13.8 Å². The van der Waals surface area contributed by atoms with Crippen LogP contribution in [-0.4, -0.2) is 15.3 Å². The number of benzene rings is 1. The monoisotopic (exact) mass is 202 g/mol. The molecule has 0 amide bonds. The molecule has 1 aromatic carbocycles. The van der Waals surface area contributed by atoms with E-state index in [2.05, 4.69) is 24.9 Å². The Hall–Kier alpha value is -1.64. The zero-order chi connectivity index (χ0) is 11.2. The lowest BCUT2D eigenvalue weighted by atomic mass is 10.1. The van der Waals surface area contributed by atoms with Crippen LogP contribution >= 0.6 is 0 Å². The van der Waals surface area contributed by atoms with Crippen molar-refractivity contribution in [1.29, 1.82) is 0 Å². The van der Waals surface area contributed by atoms with Crippen molar-refractivity contribution in [2.45, 2.75) is 20.8 Å². The molecule has 3 heteroatoms. The molecule has 0 saturated heterocycles. The quantitative estimate of drug-likeness (QED) is 0.665. The van der Waals surface area contributed by atoms with Gasteiger partial charge in [-0.15, -0.1) is 0 Å². The third-order valence-electron chi connectivity index (χ3n) is 2.81. The number of nitrogens with zero attached hydrogens (tertiary/aromatic N) is 2. The summed E-state index contributed by atoms with van der Waals surface area (Å²) in [6.45, 7) is 5.66. The summed E-state index contributed by atoms with van der Waals surface area (Å²) >= 11 is 0.